The maximum atomic E-state index is 13.5. The predicted molar refractivity (Wildman–Crippen MR) is 141 cm³/mol. The van der Waals surface area contributed by atoms with Gasteiger partial charge in [-0.1, -0.05) is 91.0 Å². The number of hydrogen-bond acceptors (Lipinski definition) is 5. The maximum Gasteiger partial charge on any atom is 0.410 e. The van der Waals surface area contributed by atoms with Crippen LogP contribution in [0.1, 0.15) is 21.6 Å². The van der Waals surface area contributed by atoms with Crippen LogP contribution in [0.5, 0.6) is 0 Å². The Morgan fingerprint density at radius 1 is 0.861 bits per heavy atom. The van der Waals surface area contributed by atoms with Crippen molar-refractivity contribution in [3.63, 3.8) is 0 Å². The van der Waals surface area contributed by atoms with Crippen molar-refractivity contribution in [1.29, 1.82) is 0 Å². The smallest absolute Gasteiger partial charge is 0.410 e. The number of rotatable bonds is 11. The molecule has 0 aliphatic rings. The van der Waals surface area contributed by atoms with E-state index in [9.17, 15) is 9.59 Å². The lowest BCUT2D eigenvalue weighted by atomic mass is 10.0. The summed E-state index contributed by atoms with van der Waals surface area (Å²) in [7, 11) is 0. The standard InChI is InChI=1S/C29H29N3O3S/c33-28(31-19-25-14-8-3-9-15-25)27(18-24-12-6-2-7-13-24)32(17-16-23-10-4-1-5-11-23)29(34)35-21-26-20-30-22-36-26/h1-15,20,22,27H,16-19,21H2,(H,31,33)/t27-/m0/s1. The van der Waals surface area contributed by atoms with Crippen molar-refractivity contribution >= 4 is 23.3 Å². The van der Waals surface area contributed by atoms with Crippen molar-refractivity contribution in [3.05, 3.63) is 124 Å². The predicted octanol–water partition coefficient (Wildman–Crippen LogP) is 5.25. The molecule has 36 heavy (non-hydrogen) atoms. The summed E-state index contributed by atoms with van der Waals surface area (Å²) in [5.74, 6) is -0.217. The van der Waals surface area contributed by atoms with Crippen LogP contribution in [0, 0.1) is 0 Å². The Labute approximate surface area is 215 Å². The molecule has 0 spiro atoms. The number of carbonyl (C=O) groups excluding carboxylic acids is 2. The van der Waals surface area contributed by atoms with E-state index in [-0.39, 0.29) is 12.5 Å². The minimum atomic E-state index is -0.728. The number of aromatic nitrogens is 1. The lowest BCUT2D eigenvalue weighted by Crippen LogP contribution is -2.51. The summed E-state index contributed by atoms with van der Waals surface area (Å²) in [4.78, 5) is 33.4. The van der Waals surface area contributed by atoms with Crippen molar-refractivity contribution in [2.75, 3.05) is 6.54 Å². The zero-order chi connectivity index (χ0) is 25.0. The Balaban J connectivity index is 1.55. The van der Waals surface area contributed by atoms with E-state index >= 15 is 0 Å². The van der Waals surface area contributed by atoms with Crippen molar-refractivity contribution in [3.8, 4) is 0 Å². The molecule has 0 aliphatic heterocycles. The highest BCUT2D eigenvalue weighted by molar-refractivity contribution is 7.09. The van der Waals surface area contributed by atoms with Gasteiger partial charge in [0.2, 0.25) is 5.91 Å². The van der Waals surface area contributed by atoms with Gasteiger partial charge < -0.3 is 10.1 Å². The molecule has 184 valence electrons. The number of carbonyl (C=O) groups is 2. The number of nitrogens with zero attached hydrogens (tertiary/aromatic N) is 2. The fourth-order valence-electron chi connectivity index (χ4n) is 3.88. The molecule has 2 amide bonds. The number of nitrogens with one attached hydrogen (secondary N) is 1. The van der Waals surface area contributed by atoms with E-state index in [2.05, 4.69) is 10.3 Å². The highest BCUT2D eigenvalue weighted by Gasteiger charge is 2.31. The molecule has 6 nitrogen and oxygen atoms in total. The SMILES string of the molecule is O=C(NCc1ccccc1)[C@H](Cc1ccccc1)N(CCc1ccccc1)C(=O)OCc1cncs1. The van der Waals surface area contributed by atoms with E-state index in [1.165, 1.54) is 11.3 Å². The van der Waals surface area contributed by atoms with E-state index in [0.29, 0.717) is 25.9 Å². The van der Waals surface area contributed by atoms with Gasteiger partial charge in [0.15, 0.2) is 0 Å². The zero-order valence-electron chi connectivity index (χ0n) is 20.0. The van der Waals surface area contributed by atoms with E-state index in [1.807, 2.05) is 91.0 Å². The molecule has 1 heterocycles. The topological polar surface area (TPSA) is 71.5 Å². The number of amides is 2. The highest BCUT2D eigenvalue weighted by Crippen LogP contribution is 2.16. The van der Waals surface area contributed by atoms with Gasteiger partial charge in [0, 0.05) is 25.7 Å². The second-order valence-corrected chi connectivity index (χ2v) is 9.33. The first kappa shape index (κ1) is 25.1. The van der Waals surface area contributed by atoms with E-state index < -0.39 is 12.1 Å². The Kier molecular flexibility index (Phi) is 9.22. The Morgan fingerprint density at radius 3 is 2.08 bits per heavy atom. The molecule has 0 fully saturated rings. The van der Waals surface area contributed by atoms with Crippen LogP contribution in [-0.2, 0) is 35.5 Å². The molecular formula is C29H29N3O3S. The molecule has 1 N–H and O–H groups in total. The van der Waals surface area contributed by atoms with E-state index in [1.54, 1.807) is 16.6 Å². The molecule has 4 rings (SSSR count). The van der Waals surface area contributed by atoms with Crippen molar-refractivity contribution < 1.29 is 14.3 Å². The molecule has 0 aliphatic carbocycles. The molecule has 0 unspecified atom stereocenters. The zero-order valence-corrected chi connectivity index (χ0v) is 20.8. The third-order valence-corrected chi connectivity index (χ3v) is 6.55. The van der Waals surface area contributed by atoms with Gasteiger partial charge in [-0.2, -0.15) is 0 Å². The summed E-state index contributed by atoms with van der Waals surface area (Å²) in [6.07, 6.45) is 2.15. The molecular weight excluding hydrogens is 470 g/mol. The second kappa shape index (κ2) is 13.2. The fourth-order valence-corrected chi connectivity index (χ4v) is 4.39. The summed E-state index contributed by atoms with van der Waals surface area (Å²) < 4.78 is 5.65. The van der Waals surface area contributed by atoms with Crippen LogP contribution in [0.2, 0.25) is 0 Å². The van der Waals surface area contributed by atoms with Crippen molar-refractivity contribution in [2.45, 2.75) is 32.0 Å². The fraction of sp³-hybridized carbons (Fsp3) is 0.207. The van der Waals surface area contributed by atoms with Gasteiger partial charge in [0.1, 0.15) is 12.6 Å². The lowest BCUT2D eigenvalue weighted by molar-refractivity contribution is -0.126. The quantitative estimate of drug-likeness (QED) is 0.306. The maximum absolute atomic E-state index is 13.5. The first-order chi connectivity index (χ1) is 17.7. The van der Waals surface area contributed by atoms with Crippen LogP contribution in [0.4, 0.5) is 4.79 Å². The molecule has 4 aromatic rings. The van der Waals surface area contributed by atoms with Gasteiger partial charge >= 0.3 is 6.09 Å². The van der Waals surface area contributed by atoms with Crippen LogP contribution < -0.4 is 5.32 Å². The van der Waals surface area contributed by atoms with Gasteiger partial charge in [-0.15, -0.1) is 11.3 Å². The summed E-state index contributed by atoms with van der Waals surface area (Å²) in [6.45, 7) is 0.851. The first-order valence-corrected chi connectivity index (χ1v) is 12.8. The van der Waals surface area contributed by atoms with E-state index in [4.69, 9.17) is 4.74 Å². The summed E-state index contributed by atoms with van der Waals surface area (Å²) in [5.41, 5.74) is 4.75. The van der Waals surface area contributed by atoms with Gasteiger partial charge in [-0.3, -0.25) is 14.7 Å². The summed E-state index contributed by atoms with van der Waals surface area (Å²) >= 11 is 1.42. The van der Waals surface area contributed by atoms with Gasteiger partial charge in [-0.25, -0.2) is 4.79 Å². The third kappa shape index (κ3) is 7.52. The minimum absolute atomic E-state index is 0.120. The van der Waals surface area contributed by atoms with Gasteiger partial charge in [0.05, 0.1) is 10.4 Å². The van der Waals surface area contributed by atoms with Gasteiger partial charge in [-0.05, 0) is 23.1 Å². The third-order valence-electron chi connectivity index (χ3n) is 5.80. The summed E-state index contributed by atoms with van der Waals surface area (Å²) in [6, 6.07) is 28.7. The number of hydrogen-bond donors (Lipinski definition) is 1. The van der Waals surface area contributed by atoms with E-state index in [0.717, 1.165) is 21.6 Å². The number of thiazole rings is 1. The molecule has 1 aromatic heterocycles. The highest BCUT2D eigenvalue weighted by atomic mass is 32.1. The largest absolute Gasteiger partial charge is 0.444 e. The minimum Gasteiger partial charge on any atom is -0.444 e. The normalized spacial score (nSPS) is 11.4. The first-order valence-electron chi connectivity index (χ1n) is 11.9. The Hall–Kier alpha value is -3.97. The van der Waals surface area contributed by atoms with Crippen LogP contribution in [-0.4, -0.2) is 34.5 Å². The summed E-state index contributed by atoms with van der Waals surface area (Å²) in [5, 5.41) is 3.03. The number of benzene rings is 3. The van der Waals surface area contributed by atoms with Crippen molar-refractivity contribution in [1.82, 2.24) is 15.2 Å². The monoisotopic (exact) mass is 499 g/mol. The van der Waals surface area contributed by atoms with Crippen LogP contribution in [0.3, 0.4) is 0 Å². The number of ether oxygens (including phenoxy) is 1. The van der Waals surface area contributed by atoms with Gasteiger partial charge in [0.25, 0.3) is 0 Å². The molecule has 3 aromatic carbocycles. The average molecular weight is 500 g/mol. The lowest BCUT2D eigenvalue weighted by Gasteiger charge is -2.30. The molecule has 0 bridgehead atoms. The molecule has 0 saturated carbocycles. The van der Waals surface area contributed by atoms with Crippen LogP contribution >= 0.6 is 11.3 Å². The molecule has 0 saturated heterocycles. The molecule has 0 radical (unpaired) electrons. The second-order valence-electron chi connectivity index (χ2n) is 8.36. The Bertz CT molecular complexity index is 1200. The molecule has 7 heteroatoms. The van der Waals surface area contributed by atoms with Crippen LogP contribution in [0.15, 0.2) is 103 Å². The average Bonchev–Trinajstić information content (AvgIpc) is 3.45. The van der Waals surface area contributed by atoms with Crippen molar-refractivity contribution in [2.24, 2.45) is 0 Å². The molecule has 1 atom stereocenters. The van der Waals surface area contributed by atoms with Crippen LogP contribution in [0.25, 0.3) is 0 Å². The Morgan fingerprint density at radius 2 is 1.47 bits per heavy atom.